The summed E-state index contributed by atoms with van der Waals surface area (Å²) < 4.78 is 24.3. The van der Waals surface area contributed by atoms with Gasteiger partial charge in [-0.05, 0) is 13.0 Å². The molecule has 2 heterocycles. The first kappa shape index (κ1) is 13.2. The second-order valence-corrected chi connectivity index (χ2v) is 4.04. The number of anilines is 1. The van der Waals surface area contributed by atoms with Crippen molar-refractivity contribution in [2.75, 3.05) is 11.9 Å². The smallest absolute Gasteiger partial charge is 0.291 e. The Hall–Kier alpha value is -0.860. The molecule has 0 aliphatic carbocycles. The SMILES string of the molecule is Cl.O=C(Nc1nnc(C(F)F)s1)[C@H]1CCN1. The summed E-state index contributed by atoms with van der Waals surface area (Å²) in [5.41, 5.74) is 0. The molecule has 1 amide bonds. The van der Waals surface area contributed by atoms with Gasteiger partial charge >= 0.3 is 0 Å². The molecular weight excluding hydrogens is 262 g/mol. The molecule has 0 bridgehead atoms. The molecule has 1 fully saturated rings. The van der Waals surface area contributed by atoms with Crippen LogP contribution in [0.15, 0.2) is 0 Å². The molecule has 5 nitrogen and oxygen atoms in total. The summed E-state index contributed by atoms with van der Waals surface area (Å²) in [6, 6.07) is -0.233. The first-order chi connectivity index (χ1) is 7.16. The Morgan fingerprint density at radius 3 is 2.69 bits per heavy atom. The monoisotopic (exact) mass is 270 g/mol. The highest BCUT2D eigenvalue weighted by Crippen LogP contribution is 2.25. The highest BCUT2D eigenvalue weighted by atomic mass is 35.5. The first-order valence-corrected chi connectivity index (χ1v) is 5.14. The summed E-state index contributed by atoms with van der Waals surface area (Å²) in [5, 5.41) is 11.8. The number of hydrogen-bond donors (Lipinski definition) is 2. The van der Waals surface area contributed by atoms with Gasteiger partial charge in [0.2, 0.25) is 11.0 Å². The molecule has 1 atom stereocenters. The lowest BCUT2D eigenvalue weighted by atomic mass is 10.1. The Labute approximate surface area is 100 Å². The number of halogens is 3. The molecule has 1 saturated heterocycles. The zero-order valence-electron chi connectivity index (χ0n) is 7.94. The van der Waals surface area contributed by atoms with Crippen LogP contribution in [0.3, 0.4) is 0 Å². The summed E-state index contributed by atoms with van der Waals surface area (Å²) in [4.78, 5) is 11.4. The Bertz CT molecular complexity index is 371. The molecule has 0 unspecified atom stereocenters. The number of aromatic nitrogens is 2. The third kappa shape index (κ3) is 2.83. The van der Waals surface area contributed by atoms with E-state index in [9.17, 15) is 13.6 Å². The van der Waals surface area contributed by atoms with Gasteiger partial charge in [0, 0.05) is 0 Å². The van der Waals surface area contributed by atoms with Crippen LogP contribution >= 0.6 is 23.7 Å². The number of alkyl halides is 2. The Morgan fingerprint density at radius 2 is 2.25 bits per heavy atom. The Balaban J connectivity index is 0.00000128. The van der Waals surface area contributed by atoms with Crippen LogP contribution in [0.1, 0.15) is 17.9 Å². The lowest BCUT2D eigenvalue weighted by Gasteiger charge is -2.25. The van der Waals surface area contributed by atoms with Gasteiger partial charge in [-0.3, -0.25) is 10.1 Å². The van der Waals surface area contributed by atoms with Crippen LogP contribution in [-0.4, -0.2) is 28.7 Å². The molecule has 16 heavy (non-hydrogen) atoms. The minimum atomic E-state index is -2.64. The van der Waals surface area contributed by atoms with Gasteiger partial charge in [0.25, 0.3) is 6.43 Å². The molecule has 1 aromatic heterocycles. The van der Waals surface area contributed by atoms with Crippen molar-refractivity contribution < 1.29 is 13.6 Å². The zero-order chi connectivity index (χ0) is 10.8. The molecule has 90 valence electrons. The standard InChI is InChI=1S/C7H8F2N4OS.ClH/c8-4(9)6-12-13-7(15-6)11-5(14)3-1-2-10-3;/h3-4,10H,1-2H2,(H,11,13,14);1H/t3-;/m1./s1. The van der Waals surface area contributed by atoms with Crippen LogP contribution in [0.5, 0.6) is 0 Å². The fraction of sp³-hybridized carbons (Fsp3) is 0.571. The average molecular weight is 271 g/mol. The van der Waals surface area contributed by atoms with E-state index in [0.29, 0.717) is 11.3 Å². The normalized spacial score (nSPS) is 18.8. The van der Waals surface area contributed by atoms with Crippen molar-refractivity contribution in [3.05, 3.63) is 5.01 Å². The van der Waals surface area contributed by atoms with Crippen LogP contribution in [-0.2, 0) is 4.79 Å². The van der Waals surface area contributed by atoms with Crippen LogP contribution < -0.4 is 10.6 Å². The third-order valence-corrected chi connectivity index (χ3v) is 2.84. The minimum Gasteiger partial charge on any atom is -0.306 e. The quantitative estimate of drug-likeness (QED) is 0.866. The van der Waals surface area contributed by atoms with Gasteiger partial charge in [0.15, 0.2) is 5.01 Å². The molecule has 1 aromatic rings. The number of carbonyl (C=O) groups is 1. The van der Waals surface area contributed by atoms with Crippen LogP contribution in [0.25, 0.3) is 0 Å². The summed E-state index contributed by atoms with van der Waals surface area (Å²) >= 11 is 0.689. The van der Waals surface area contributed by atoms with Crippen LogP contribution in [0.2, 0.25) is 0 Å². The van der Waals surface area contributed by atoms with Gasteiger partial charge in [-0.15, -0.1) is 22.6 Å². The maximum Gasteiger partial charge on any atom is 0.291 e. The van der Waals surface area contributed by atoms with Gasteiger partial charge in [0.1, 0.15) is 0 Å². The number of amides is 1. The summed E-state index contributed by atoms with van der Waals surface area (Å²) in [6.45, 7) is 0.802. The molecule has 2 rings (SSSR count). The Kier molecular flexibility index (Phi) is 4.51. The first-order valence-electron chi connectivity index (χ1n) is 4.32. The third-order valence-electron chi connectivity index (χ3n) is 2.00. The number of nitrogens with one attached hydrogen (secondary N) is 2. The molecule has 9 heteroatoms. The van der Waals surface area contributed by atoms with E-state index in [4.69, 9.17) is 0 Å². The molecule has 0 radical (unpaired) electrons. The Morgan fingerprint density at radius 1 is 1.56 bits per heavy atom. The number of hydrogen-bond acceptors (Lipinski definition) is 5. The fourth-order valence-electron chi connectivity index (χ4n) is 1.08. The minimum absolute atomic E-state index is 0. The van der Waals surface area contributed by atoms with Crippen molar-refractivity contribution in [2.24, 2.45) is 0 Å². The summed E-state index contributed by atoms with van der Waals surface area (Å²) in [6.07, 6.45) is -1.89. The van der Waals surface area contributed by atoms with Gasteiger partial charge < -0.3 is 5.32 Å². The van der Waals surface area contributed by atoms with Gasteiger partial charge in [-0.2, -0.15) is 0 Å². The molecular formula is C7H9ClF2N4OS. The van der Waals surface area contributed by atoms with Gasteiger partial charge in [-0.1, -0.05) is 11.3 Å². The second kappa shape index (κ2) is 5.46. The van der Waals surface area contributed by atoms with Crippen molar-refractivity contribution in [3.63, 3.8) is 0 Å². The fourth-order valence-corrected chi connectivity index (χ4v) is 1.68. The van der Waals surface area contributed by atoms with Crippen LogP contribution in [0.4, 0.5) is 13.9 Å². The van der Waals surface area contributed by atoms with E-state index in [2.05, 4.69) is 20.8 Å². The van der Waals surface area contributed by atoms with E-state index in [1.807, 2.05) is 0 Å². The lowest BCUT2D eigenvalue weighted by molar-refractivity contribution is -0.119. The number of nitrogens with zero attached hydrogens (tertiary/aromatic N) is 2. The van der Waals surface area contributed by atoms with E-state index >= 15 is 0 Å². The van der Waals surface area contributed by atoms with E-state index in [0.717, 1.165) is 13.0 Å². The van der Waals surface area contributed by atoms with Crippen LogP contribution in [0, 0.1) is 0 Å². The van der Waals surface area contributed by atoms with Crippen molar-refractivity contribution in [3.8, 4) is 0 Å². The highest BCUT2D eigenvalue weighted by Gasteiger charge is 2.25. The lowest BCUT2D eigenvalue weighted by Crippen LogP contribution is -2.50. The maximum atomic E-state index is 12.1. The average Bonchev–Trinajstić information content (AvgIpc) is 2.48. The predicted molar refractivity (Wildman–Crippen MR) is 57.2 cm³/mol. The highest BCUT2D eigenvalue weighted by molar-refractivity contribution is 7.15. The molecule has 0 saturated carbocycles. The van der Waals surface area contributed by atoms with Crippen molar-refractivity contribution in [1.29, 1.82) is 0 Å². The van der Waals surface area contributed by atoms with E-state index in [1.165, 1.54) is 0 Å². The van der Waals surface area contributed by atoms with Gasteiger partial charge in [0.05, 0.1) is 6.04 Å². The van der Waals surface area contributed by atoms with E-state index in [1.54, 1.807) is 0 Å². The molecule has 2 N–H and O–H groups in total. The summed E-state index contributed by atoms with van der Waals surface area (Å²) in [5.74, 6) is -0.252. The van der Waals surface area contributed by atoms with E-state index < -0.39 is 6.43 Å². The molecule has 1 aliphatic heterocycles. The van der Waals surface area contributed by atoms with E-state index in [-0.39, 0.29) is 34.5 Å². The zero-order valence-corrected chi connectivity index (χ0v) is 9.58. The predicted octanol–water partition coefficient (Wildman–Crippen LogP) is 1.20. The summed E-state index contributed by atoms with van der Waals surface area (Å²) in [7, 11) is 0. The topological polar surface area (TPSA) is 66.9 Å². The van der Waals surface area contributed by atoms with Crippen molar-refractivity contribution in [2.45, 2.75) is 18.9 Å². The molecule has 0 spiro atoms. The van der Waals surface area contributed by atoms with Gasteiger partial charge in [-0.25, -0.2) is 8.78 Å². The maximum absolute atomic E-state index is 12.1. The largest absolute Gasteiger partial charge is 0.306 e. The van der Waals surface area contributed by atoms with Crippen molar-refractivity contribution in [1.82, 2.24) is 15.5 Å². The second-order valence-electron chi connectivity index (χ2n) is 3.03. The molecule has 0 aromatic carbocycles. The molecule has 1 aliphatic rings. The number of carbonyl (C=O) groups excluding carboxylic acids is 1. The number of rotatable bonds is 3. The van der Waals surface area contributed by atoms with Crippen molar-refractivity contribution >= 4 is 34.8 Å².